The number of hydrogen-bond donors (Lipinski definition) is 1. The molecule has 186 valence electrons. The Balaban J connectivity index is 1.57. The SMILES string of the molecule is COc1ccc(S(=O)(=O)N2CCOCC2)cc1CCC(=O)NCCc1ccc(OC)c(OC)c1. The van der Waals surface area contributed by atoms with E-state index in [0.29, 0.717) is 68.5 Å². The van der Waals surface area contributed by atoms with E-state index in [-0.39, 0.29) is 17.2 Å². The van der Waals surface area contributed by atoms with Crippen molar-refractivity contribution >= 4 is 15.9 Å². The van der Waals surface area contributed by atoms with Crippen molar-refractivity contribution < 1.29 is 32.2 Å². The van der Waals surface area contributed by atoms with Gasteiger partial charge >= 0.3 is 0 Å². The summed E-state index contributed by atoms with van der Waals surface area (Å²) in [5.41, 5.74) is 1.69. The Kier molecular flexibility index (Phi) is 9.14. The maximum atomic E-state index is 13.0. The summed E-state index contributed by atoms with van der Waals surface area (Å²) in [5, 5.41) is 2.91. The predicted molar refractivity (Wildman–Crippen MR) is 127 cm³/mol. The van der Waals surface area contributed by atoms with Gasteiger partial charge in [0.2, 0.25) is 15.9 Å². The standard InChI is InChI=1S/C24H32N2O7S/c1-30-21-8-6-20(34(28,29)26-12-14-33-15-13-26)17-19(21)5-9-24(27)25-11-10-18-4-7-22(31-2)23(16-18)32-3/h4,6-8,16-17H,5,9-15H2,1-3H3,(H,25,27). The Morgan fingerprint density at radius 1 is 0.941 bits per heavy atom. The number of amides is 1. The quantitative estimate of drug-likeness (QED) is 0.512. The highest BCUT2D eigenvalue weighted by Crippen LogP contribution is 2.28. The molecular weight excluding hydrogens is 460 g/mol. The molecule has 0 spiro atoms. The maximum absolute atomic E-state index is 13.0. The van der Waals surface area contributed by atoms with Crippen LogP contribution >= 0.6 is 0 Å². The van der Waals surface area contributed by atoms with Gasteiger partial charge in [0.25, 0.3) is 0 Å². The Morgan fingerprint density at radius 2 is 1.62 bits per heavy atom. The van der Waals surface area contributed by atoms with Gasteiger partial charge in [-0.2, -0.15) is 4.31 Å². The normalized spacial score (nSPS) is 14.4. The van der Waals surface area contributed by atoms with Crippen LogP contribution in [0.2, 0.25) is 0 Å². The van der Waals surface area contributed by atoms with Crippen molar-refractivity contribution in [3.63, 3.8) is 0 Å². The van der Waals surface area contributed by atoms with Crippen LogP contribution < -0.4 is 19.5 Å². The third-order valence-electron chi connectivity index (χ3n) is 5.66. The van der Waals surface area contributed by atoms with Crippen LogP contribution in [0.25, 0.3) is 0 Å². The summed E-state index contributed by atoms with van der Waals surface area (Å²) in [6, 6.07) is 10.4. The Morgan fingerprint density at radius 3 is 2.29 bits per heavy atom. The van der Waals surface area contributed by atoms with Crippen LogP contribution in [0.4, 0.5) is 0 Å². The van der Waals surface area contributed by atoms with E-state index in [2.05, 4.69) is 5.32 Å². The van der Waals surface area contributed by atoms with Crippen molar-refractivity contribution in [2.45, 2.75) is 24.2 Å². The van der Waals surface area contributed by atoms with Crippen LogP contribution in [-0.4, -0.2) is 72.8 Å². The van der Waals surface area contributed by atoms with Gasteiger partial charge in [0, 0.05) is 26.1 Å². The van der Waals surface area contributed by atoms with Gasteiger partial charge in [0.05, 0.1) is 39.4 Å². The smallest absolute Gasteiger partial charge is 0.243 e. The van der Waals surface area contributed by atoms with Gasteiger partial charge < -0.3 is 24.3 Å². The first-order valence-electron chi connectivity index (χ1n) is 11.1. The van der Waals surface area contributed by atoms with E-state index in [4.69, 9.17) is 18.9 Å². The molecule has 1 aliphatic rings. The second-order valence-electron chi connectivity index (χ2n) is 7.78. The molecule has 9 nitrogen and oxygen atoms in total. The molecule has 1 N–H and O–H groups in total. The van der Waals surface area contributed by atoms with Crippen LogP contribution in [0.3, 0.4) is 0 Å². The number of ether oxygens (including phenoxy) is 4. The van der Waals surface area contributed by atoms with Gasteiger partial charge in [0.15, 0.2) is 11.5 Å². The Labute approximate surface area is 201 Å². The zero-order valence-electron chi connectivity index (χ0n) is 19.8. The maximum Gasteiger partial charge on any atom is 0.243 e. The fraction of sp³-hybridized carbons (Fsp3) is 0.458. The number of methoxy groups -OCH3 is 3. The molecule has 1 heterocycles. The summed E-state index contributed by atoms with van der Waals surface area (Å²) in [6.07, 6.45) is 1.21. The summed E-state index contributed by atoms with van der Waals surface area (Å²) in [6.45, 7) is 1.88. The summed E-state index contributed by atoms with van der Waals surface area (Å²) in [5.74, 6) is 1.73. The average molecular weight is 493 g/mol. The van der Waals surface area contributed by atoms with Crippen molar-refractivity contribution in [3.8, 4) is 17.2 Å². The highest BCUT2D eigenvalue weighted by molar-refractivity contribution is 7.89. The van der Waals surface area contributed by atoms with E-state index in [0.717, 1.165) is 5.56 Å². The fourth-order valence-electron chi connectivity index (χ4n) is 3.77. The van der Waals surface area contributed by atoms with E-state index < -0.39 is 10.0 Å². The molecule has 1 aliphatic heterocycles. The third-order valence-corrected chi connectivity index (χ3v) is 7.56. The fourth-order valence-corrected chi connectivity index (χ4v) is 5.22. The highest BCUT2D eigenvalue weighted by atomic mass is 32.2. The van der Waals surface area contributed by atoms with Crippen LogP contribution in [0.1, 0.15) is 17.5 Å². The van der Waals surface area contributed by atoms with Gasteiger partial charge in [-0.15, -0.1) is 0 Å². The third kappa shape index (κ3) is 6.40. The van der Waals surface area contributed by atoms with Gasteiger partial charge in [-0.05, 0) is 54.3 Å². The van der Waals surface area contributed by atoms with Crippen molar-refractivity contribution in [1.29, 1.82) is 0 Å². The van der Waals surface area contributed by atoms with E-state index in [1.807, 2.05) is 18.2 Å². The Bertz CT molecular complexity index is 1080. The molecule has 2 aromatic carbocycles. The van der Waals surface area contributed by atoms with Gasteiger partial charge in [-0.3, -0.25) is 4.79 Å². The molecule has 1 amide bonds. The van der Waals surface area contributed by atoms with Crippen molar-refractivity contribution in [3.05, 3.63) is 47.5 Å². The molecule has 0 aliphatic carbocycles. The minimum absolute atomic E-state index is 0.121. The highest BCUT2D eigenvalue weighted by Gasteiger charge is 2.27. The van der Waals surface area contributed by atoms with Crippen LogP contribution in [-0.2, 0) is 32.4 Å². The number of sulfonamides is 1. The van der Waals surface area contributed by atoms with E-state index in [1.165, 1.54) is 17.5 Å². The zero-order chi connectivity index (χ0) is 24.6. The summed E-state index contributed by atoms with van der Waals surface area (Å²) < 4.78 is 48.6. The molecule has 0 saturated carbocycles. The van der Waals surface area contributed by atoms with Gasteiger partial charge in [-0.1, -0.05) is 6.07 Å². The molecule has 0 bridgehead atoms. The average Bonchev–Trinajstić information content (AvgIpc) is 2.87. The first kappa shape index (κ1) is 25.8. The molecule has 34 heavy (non-hydrogen) atoms. The minimum atomic E-state index is -3.63. The number of nitrogens with zero attached hydrogens (tertiary/aromatic N) is 1. The van der Waals surface area contributed by atoms with E-state index >= 15 is 0 Å². The molecule has 0 atom stereocenters. The van der Waals surface area contributed by atoms with Gasteiger partial charge in [-0.25, -0.2) is 8.42 Å². The first-order chi connectivity index (χ1) is 16.4. The van der Waals surface area contributed by atoms with Crippen molar-refractivity contribution in [2.24, 2.45) is 0 Å². The summed E-state index contributed by atoms with van der Waals surface area (Å²) in [7, 11) is 1.07. The lowest BCUT2D eigenvalue weighted by Crippen LogP contribution is -2.40. The molecule has 0 aromatic heterocycles. The summed E-state index contributed by atoms with van der Waals surface area (Å²) in [4.78, 5) is 12.6. The predicted octanol–water partition coefficient (Wildman–Crippen LogP) is 2.02. The largest absolute Gasteiger partial charge is 0.496 e. The minimum Gasteiger partial charge on any atom is -0.496 e. The molecule has 10 heteroatoms. The number of rotatable bonds is 11. The number of nitrogens with one attached hydrogen (secondary N) is 1. The molecule has 0 radical (unpaired) electrons. The number of hydrogen-bond acceptors (Lipinski definition) is 7. The second kappa shape index (κ2) is 12.0. The van der Waals surface area contributed by atoms with Crippen molar-refractivity contribution in [1.82, 2.24) is 9.62 Å². The number of carbonyl (C=O) groups is 1. The number of aryl methyl sites for hydroxylation is 1. The number of morpholine rings is 1. The second-order valence-corrected chi connectivity index (χ2v) is 9.72. The lowest BCUT2D eigenvalue weighted by molar-refractivity contribution is -0.121. The van der Waals surface area contributed by atoms with Crippen LogP contribution in [0.5, 0.6) is 17.2 Å². The molecule has 1 saturated heterocycles. The first-order valence-corrected chi connectivity index (χ1v) is 12.6. The topological polar surface area (TPSA) is 103 Å². The van der Waals surface area contributed by atoms with E-state index in [1.54, 1.807) is 26.4 Å². The lowest BCUT2D eigenvalue weighted by atomic mass is 10.1. The summed E-state index contributed by atoms with van der Waals surface area (Å²) >= 11 is 0. The van der Waals surface area contributed by atoms with Crippen LogP contribution in [0.15, 0.2) is 41.3 Å². The van der Waals surface area contributed by atoms with Gasteiger partial charge in [0.1, 0.15) is 5.75 Å². The van der Waals surface area contributed by atoms with Crippen LogP contribution in [0, 0.1) is 0 Å². The monoisotopic (exact) mass is 492 g/mol. The number of benzene rings is 2. The molecule has 2 aromatic rings. The number of carbonyl (C=O) groups excluding carboxylic acids is 1. The molecule has 1 fully saturated rings. The zero-order valence-corrected chi connectivity index (χ0v) is 20.7. The molecular formula is C24H32N2O7S. The van der Waals surface area contributed by atoms with Crippen molar-refractivity contribution in [2.75, 3.05) is 54.2 Å². The molecule has 3 rings (SSSR count). The molecule has 0 unspecified atom stereocenters. The Hall–Kier alpha value is -2.82. The van der Waals surface area contributed by atoms with E-state index in [9.17, 15) is 13.2 Å². The lowest BCUT2D eigenvalue weighted by Gasteiger charge is -2.26.